The number of hydrogen-bond acceptors (Lipinski definition) is 7. The molecule has 7 nitrogen and oxygen atoms in total. The van der Waals surface area contributed by atoms with Crippen molar-refractivity contribution in [3.8, 4) is 17.1 Å². The van der Waals surface area contributed by atoms with Gasteiger partial charge in [0, 0.05) is 41.1 Å². The Balaban J connectivity index is 1.27. The number of para-hydroxylation sites is 1. The van der Waals surface area contributed by atoms with Gasteiger partial charge < -0.3 is 5.32 Å². The SMILES string of the molecule is Cc1cccc(Cc2cnc(NC(=O)CSc3nnc(-c4cccnc4)n3-c3ccccc3)s2)c1. The predicted molar refractivity (Wildman–Crippen MR) is 140 cm³/mol. The van der Waals surface area contributed by atoms with Crippen molar-refractivity contribution in [2.45, 2.75) is 18.5 Å². The summed E-state index contributed by atoms with van der Waals surface area (Å²) < 4.78 is 1.94. The topological polar surface area (TPSA) is 85.6 Å². The minimum Gasteiger partial charge on any atom is -0.301 e. The predicted octanol–water partition coefficient (Wildman–Crippen LogP) is 5.42. The first kappa shape index (κ1) is 22.9. The zero-order chi connectivity index (χ0) is 24.0. The number of carbonyl (C=O) groups excluding carboxylic acids is 1. The van der Waals surface area contributed by atoms with E-state index in [-0.39, 0.29) is 11.7 Å². The summed E-state index contributed by atoms with van der Waals surface area (Å²) in [6.45, 7) is 2.08. The number of aryl methyl sites for hydroxylation is 1. The molecule has 1 N–H and O–H groups in total. The Hall–Kier alpha value is -3.82. The van der Waals surface area contributed by atoms with Gasteiger partial charge in [-0.1, -0.05) is 59.8 Å². The van der Waals surface area contributed by atoms with Crippen molar-refractivity contribution in [3.05, 3.63) is 101 Å². The van der Waals surface area contributed by atoms with Gasteiger partial charge in [0.15, 0.2) is 16.1 Å². The lowest BCUT2D eigenvalue weighted by Crippen LogP contribution is -2.14. The van der Waals surface area contributed by atoms with Crippen molar-refractivity contribution in [2.24, 2.45) is 0 Å². The van der Waals surface area contributed by atoms with E-state index in [1.54, 1.807) is 12.4 Å². The van der Waals surface area contributed by atoms with Crippen LogP contribution in [0.3, 0.4) is 0 Å². The van der Waals surface area contributed by atoms with Crippen LogP contribution in [0, 0.1) is 6.92 Å². The molecule has 35 heavy (non-hydrogen) atoms. The largest absolute Gasteiger partial charge is 0.301 e. The molecule has 0 fully saturated rings. The maximum absolute atomic E-state index is 12.7. The molecule has 2 aromatic carbocycles. The molecule has 9 heteroatoms. The highest BCUT2D eigenvalue weighted by molar-refractivity contribution is 7.99. The number of thioether (sulfide) groups is 1. The lowest BCUT2D eigenvalue weighted by Gasteiger charge is -2.10. The van der Waals surface area contributed by atoms with Crippen molar-refractivity contribution in [1.82, 2.24) is 24.7 Å². The Morgan fingerprint density at radius 2 is 1.91 bits per heavy atom. The van der Waals surface area contributed by atoms with Gasteiger partial charge in [0.1, 0.15) is 0 Å². The molecule has 3 aromatic heterocycles. The number of nitrogens with zero attached hydrogens (tertiary/aromatic N) is 5. The molecular formula is C26H22N6OS2. The van der Waals surface area contributed by atoms with Crippen molar-refractivity contribution in [3.63, 3.8) is 0 Å². The maximum atomic E-state index is 12.7. The molecule has 3 heterocycles. The van der Waals surface area contributed by atoms with Crippen LogP contribution in [0.15, 0.2) is 90.5 Å². The number of nitrogens with one attached hydrogen (secondary N) is 1. The number of aromatic nitrogens is 5. The molecule has 0 bridgehead atoms. The second-order valence-electron chi connectivity index (χ2n) is 7.85. The quantitative estimate of drug-likeness (QED) is 0.288. The van der Waals surface area contributed by atoms with E-state index in [0.29, 0.717) is 16.1 Å². The van der Waals surface area contributed by atoms with Crippen LogP contribution in [-0.2, 0) is 11.2 Å². The Morgan fingerprint density at radius 3 is 2.71 bits per heavy atom. The molecule has 1 amide bonds. The molecule has 0 atom stereocenters. The molecule has 0 radical (unpaired) electrons. The summed E-state index contributed by atoms with van der Waals surface area (Å²) >= 11 is 2.82. The first-order valence-corrected chi connectivity index (χ1v) is 12.8. The minimum atomic E-state index is -0.142. The summed E-state index contributed by atoms with van der Waals surface area (Å²) in [6.07, 6.45) is 6.09. The van der Waals surface area contributed by atoms with E-state index in [1.807, 2.05) is 53.2 Å². The Morgan fingerprint density at radius 1 is 1.03 bits per heavy atom. The fourth-order valence-corrected chi connectivity index (χ4v) is 5.23. The van der Waals surface area contributed by atoms with Crippen molar-refractivity contribution in [1.29, 1.82) is 0 Å². The third kappa shape index (κ3) is 5.64. The zero-order valence-corrected chi connectivity index (χ0v) is 20.6. The molecule has 0 aliphatic carbocycles. The molecule has 5 aromatic rings. The van der Waals surface area contributed by atoms with Crippen molar-refractivity contribution >= 4 is 34.1 Å². The summed E-state index contributed by atoms with van der Waals surface area (Å²) in [7, 11) is 0. The van der Waals surface area contributed by atoms with Gasteiger partial charge in [-0.15, -0.1) is 21.5 Å². The standard InChI is InChI=1S/C26H22N6OS2/c1-18-7-5-8-19(13-18)14-22-16-28-25(35-22)29-23(33)17-34-26-31-30-24(20-9-6-12-27-15-20)32(26)21-10-3-2-4-11-21/h2-13,15-16H,14,17H2,1H3,(H,28,29,33). The van der Waals surface area contributed by atoms with E-state index in [1.165, 1.54) is 34.2 Å². The number of rotatable bonds is 8. The van der Waals surface area contributed by atoms with Crippen LogP contribution < -0.4 is 5.32 Å². The normalized spacial score (nSPS) is 10.9. The summed E-state index contributed by atoms with van der Waals surface area (Å²) in [5.74, 6) is 0.718. The number of thiazole rings is 1. The van der Waals surface area contributed by atoms with E-state index in [9.17, 15) is 4.79 Å². The average Bonchev–Trinajstić information content (AvgIpc) is 3.50. The van der Waals surface area contributed by atoms with E-state index in [0.717, 1.165) is 22.5 Å². The molecule has 0 aliphatic heterocycles. The highest BCUT2D eigenvalue weighted by Gasteiger charge is 2.18. The smallest absolute Gasteiger partial charge is 0.236 e. The van der Waals surface area contributed by atoms with Gasteiger partial charge in [0.25, 0.3) is 0 Å². The van der Waals surface area contributed by atoms with Gasteiger partial charge in [-0.2, -0.15) is 0 Å². The van der Waals surface area contributed by atoms with Gasteiger partial charge in [-0.25, -0.2) is 4.98 Å². The molecule has 0 saturated carbocycles. The van der Waals surface area contributed by atoms with Crippen LogP contribution in [0.25, 0.3) is 17.1 Å². The zero-order valence-electron chi connectivity index (χ0n) is 19.0. The third-order valence-electron chi connectivity index (χ3n) is 5.16. The summed E-state index contributed by atoms with van der Waals surface area (Å²) in [4.78, 5) is 22.4. The van der Waals surface area contributed by atoms with Crippen molar-refractivity contribution < 1.29 is 4.79 Å². The number of anilines is 1. The van der Waals surface area contributed by atoms with E-state index >= 15 is 0 Å². The monoisotopic (exact) mass is 498 g/mol. The van der Waals surface area contributed by atoms with E-state index < -0.39 is 0 Å². The highest BCUT2D eigenvalue weighted by atomic mass is 32.2. The fourth-order valence-electron chi connectivity index (χ4n) is 3.61. The van der Waals surface area contributed by atoms with Crippen LogP contribution in [-0.4, -0.2) is 36.4 Å². The lowest BCUT2D eigenvalue weighted by atomic mass is 10.1. The number of pyridine rings is 1. The van der Waals surface area contributed by atoms with Crippen LogP contribution in [0.5, 0.6) is 0 Å². The van der Waals surface area contributed by atoms with Crippen molar-refractivity contribution in [2.75, 3.05) is 11.1 Å². The van der Waals surface area contributed by atoms with Gasteiger partial charge in [-0.05, 0) is 36.8 Å². The molecule has 0 spiro atoms. The second-order valence-corrected chi connectivity index (χ2v) is 9.91. The van der Waals surface area contributed by atoms with Gasteiger partial charge >= 0.3 is 0 Å². The number of amides is 1. The second kappa shape index (κ2) is 10.6. The molecular weight excluding hydrogens is 476 g/mol. The minimum absolute atomic E-state index is 0.142. The Kier molecular flexibility index (Phi) is 6.97. The van der Waals surface area contributed by atoms with Crippen LogP contribution >= 0.6 is 23.1 Å². The Labute approximate surface area is 211 Å². The first-order valence-electron chi connectivity index (χ1n) is 11.0. The van der Waals surface area contributed by atoms with Crippen LogP contribution in [0.1, 0.15) is 16.0 Å². The number of carbonyl (C=O) groups is 1. The van der Waals surface area contributed by atoms with Crippen LogP contribution in [0.4, 0.5) is 5.13 Å². The first-order chi connectivity index (χ1) is 17.2. The number of hydrogen-bond donors (Lipinski definition) is 1. The van der Waals surface area contributed by atoms with Gasteiger partial charge in [0.05, 0.1) is 5.75 Å². The van der Waals surface area contributed by atoms with E-state index in [4.69, 9.17) is 0 Å². The highest BCUT2D eigenvalue weighted by Crippen LogP contribution is 2.28. The van der Waals surface area contributed by atoms with Gasteiger partial charge in [0.2, 0.25) is 5.91 Å². The summed E-state index contributed by atoms with van der Waals surface area (Å²) in [5, 5.41) is 12.9. The summed E-state index contributed by atoms with van der Waals surface area (Å²) in [6, 6.07) is 22.0. The molecule has 174 valence electrons. The van der Waals surface area contributed by atoms with E-state index in [2.05, 4.69) is 56.7 Å². The van der Waals surface area contributed by atoms with Crippen LogP contribution in [0.2, 0.25) is 0 Å². The Bertz CT molecular complexity index is 1430. The molecule has 5 rings (SSSR count). The fraction of sp³-hybridized carbons (Fsp3) is 0.115. The lowest BCUT2D eigenvalue weighted by molar-refractivity contribution is -0.113. The number of benzene rings is 2. The maximum Gasteiger partial charge on any atom is 0.236 e. The molecule has 0 saturated heterocycles. The molecule has 0 aliphatic rings. The summed E-state index contributed by atoms with van der Waals surface area (Å²) in [5.41, 5.74) is 4.23. The third-order valence-corrected chi connectivity index (χ3v) is 7.00. The molecule has 0 unspecified atom stereocenters. The average molecular weight is 499 g/mol. The van der Waals surface area contributed by atoms with Gasteiger partial charge in [-0.3, -0.25) is 14.3 Å².